The number of amides is 1. The molecule has 0 aliphatic carbocycles. The zero-order valence-electron chi connectivity index (χ0n) is 15.7. The second kappa shape index (κ2) is 9.13. The quantitative estimate of drug-likeness (QED) is 0.355. The number of halogens is 3. The maximum atomic E-state index is 12.9. The number of hydrogen-bond donors (Lipinski definition) is 1. The molecule has 0 fully saturated rings. The van der Waals surface area contributed by atoms with Gasteiger partial charge in [0.05, 0.1) is 11.9 Å². The van der Waals surface area contributed by atoms with Crippen LogP contribution in [-0.2, 0) is 17.5 Å². The van der Waals surface area contributed by atoms with E-state index in [1.165, 1.54) is 30.3 Å². The van der Waals surface area contributed by atoms with Crippen LogP contribution in [-0.4, -0.2) is 22.0 Å². The number of carbonyl (C=O) groups excluding carboxylic acids is 1. The normalized spacial score (nSPS) is 11.9. The molecule has 0 radical (unpaired) electrons. The van der Waals surface area contributed by atoms with Crippen LogP contribution in [0.15, 0.2) is 65.1 Å². The Kier molecular flexibility index (Phi) is 6.37. The van der Waals surface area contributed by atoms with Crippen LogP contribution in [0, 0.1) is 11.3 Å². The largest absolute Gasteiger partial charge is 0.457 e. The lowest BCUT2D eigenvalue weighted by atomic mass is 10.1. The fourth-order valence-electron chi connectivity index (χ4n) is 2.70. The monoisotopic (exact) mass is 414 g/mol. The van der Waals surface area contributed by atoms with E-state index in [0.29, 0.717) is 19.5 Å². The zero-order chi connectivity index (χ0) is 21.6. The number of aryl methyl sites for hydroxylation is 1. The number of alkyl halides is 3. The van der Waals surface area contributed by atoms with Crippen molar-refractivity contribution in [2.45, 2.75) is 19.1 Å². The highest BCUT2D eigenvalue weighted by atomic mass is 19.4. The van der Waals surface area contributed by atoms with Gasteiger partial charge in [0.25, 0.3) is 5.91 Å². The fourth-order valence-corrected chi connectivity index (χ4v) is 2.70. The Morgan fingerprint density at radius 3 is 2.83 bits per heavy atom. The summed E-state index contributed by atoms with van der Waals surface area (Å²) in [6.45, 7) is 1.04. The highest BCUT2D eigenvalue weighted by molar-refractivity contribution is 6.01. The van der Waals surface area contributed by atoms with Gasteiger partial charge >= 0.3 is 6.18 Å². The van der Waals surface area contributed by atoms with E-state index in [-0.39, 0.29) is 22.7 Å². The molecule has 0 bridgehead atoms. The topological polar surface area (TPSA) is 83.9 Å². The van der Waals surface area contributed by atoms with Crippen molar-refractivity contribution in [1.82, 2.24) is 14.9 Å². The average Bonchev–Trinajstić information content (AvgIpc) is 3.41. The minimum atomic E-state index is -4.46. The molecule has 0 saturated heterocycles. The van der Waals surface area contributed by atoms with Crippen LogP contribution >= 0.6 is 0 Å². The van der Waals surface area contributed by atoms with E-state index in [4.69, 9.17) is 4.42 Å². The van der Waals surface area contributed by atoms with E-state index in [9.17, 15) is 23.2 Å². The highest BCUT2D eigenvalue weighted by Crippen LogP contribution is 2.32. The summed E-state index contributed by atoms with van der Waals surface area (Å²) >= 11 is 0. The number of rotatable bonds is 7. The van der Waals surface area contributed by atoms with Crippen molar-refractivity contribution in [3.63, 3.8) is 0 Å². The van der Waals surface area contributed by atoms with Crippen LogP contribution < -0.4 is 5.32 Å². The van der Waals surface area contributed by atoms with E-state index < -0.39 is 17.6 Å². The molecule has 0 saturated carbocycles. The first-order chi connectivity index (χ1) is 14.4. The molecule has 2 aromatic heterocycles. The third-order valence-corrected chi connectivity index (χ3v) is 4.19. The van der Waals surface area contributed by atoms with Gasteiger partial charge in [0, 0.05) is 37.1 Å². The van der Waals surface area contributed by atoms with Gasteiger partial charge in [-0.2, -0.15) is 18.4 Å². The van der Waals surface area contributed by atoms with Crippen LogP contribution in [0.4, 0.5) is 13.2 Å². The molecule has 0 atom stereocenters. The maximum absolute atomic E-state index is 12.9. The molecule has 0 spiro atoms. The minimum absolute atomic E-state index is 0.164. The SMILES string of the molecule is N#CC(=Cc1ccc(-c2cccc(C(F)(F)F)c2)o1)C(=O)NCCCn1ccnc1. The Hall–Kier alpha value is -3.80. The van der Waals surface area contributed by atoms with Gasteiger partial charge in [-0.05, 0) is 30.7 Å². The highest BCUT2D eigenvalue weighted by Gasteiger charge is 2.30. The minimum Gasteiger partial charge on any atom is -0.457 e. The summed E-state index contributed by atoms with van der Waals surface area (Å²) in [5.41, 5.74) is -0.712. The average molecular weight is 414 g/mol. The number of benzene rings is 1. The third kappa shape index (κ3) is 5.38. The van der Waals surface area contributed by atoms with Gasteiger partial charge in [0.2, 0.25) is 0 Å². The predicted molar refractivity (Wildman–Crippen MR) is 103 cm³/mol. The second-order valence-corrected chi connectivity index (χ2v) is 6.36. The Balaban J connectivity index is 1.64. The molecule has 6 nitrogen and oxygen atoms in total. The van der Waals surface area contributed by atoms with Gasteiger partial charge in [-0.25, -0.2) is 4.98 Å². The summed E-state index contributed by atoms with van der Waals surface area (Å²) in [7, 11) is 0. The lowest BCUT2D eigenvalue weighted by Crippen LogP contribution is -2.26. The number of aromatic nitrogens is 2. The van der Waals surface area contributed by atoms with Crippen molar-refractivity contribution < 1.29 is 22.4 Å². The molecule has 1 N–H and O–H groups in total. The number of hydrogen-bond acceptors (Lipinski definition) is 4. The summed E-state index contributed by atoms with van der Waals surface area (Å²) in [5, 5.41) is 11.9. The van der Waals surface area contributed by atoms with Gasteiger partial charge < -0.3 is 14.3 Å². The van der Waals surface area contributed by atoms with Crippen molar-refractivity contribution in [2.75, 3.05) is 6.54 Å². The molecule has 3 rings (SSSR count). The number of nitrogens with one attached hydrogen (secondary N) is 1. The van der Waals surface area contributed by atoms with Crippen molar-refractivity contribution >= 4 is 12.0 Å². The van der Waals surface area contributed by atoms with E-state index in [1.54, 1.807) is 18.7 Å². The number of imidazole rings is 1. The molecular formula is C21H17F3N4O2. The van der Waals surface area contributed by atoms with Crippen molar-refractivity contribution in [3.8, 4) is 17.4 Å². The predicted octanol–water partition coefficient (Wildman–Crippen LogP) is 4.28. The molecule has 0 aliphatic rings. The van der Waals surface area contributed by atoms with Crippen molar-refractivity contribution in [3.05, 3.63) is 72.0 Å². The summed E-state index contributed by atoms with van der Waals surface area (Å²) in [6.07, 6.45) is 2.58. The van der Waals surface area contributed by atoms with Crippen LogP contribution in [0.25, 0.3) is 17.4 Å². The second-order valence-electron chi connectivity index (χ2n) is 6.36. The molecule has 1 aromatic carbocycles. The standard InChI is InChI=1S/C21H17F3N4O2/c22-21(23,24)17-4-1-3-15(11-17)19-6-5-18(30-19)12-16(13-25)20(29)27-7-2-9-28-10-8-26-14-28/h1,3-6,8,10-12,14H,2,7,9H2,(H,27,29). The first-order valence-electron chi connectivity index (χ1n) is 9.00. The van der Waals surface area contributed by atoms with E-state index in [2.05, 4.69) is 10.3 Å². The Bertz CT molecular complexity index is 1080. The number of nitrogens with zero attached hydrogens (tertiary/aromatic N) is 3. The summed E-state index contributed by atoms with van der Waals surface area (Å²) in [5.74, 6) is -0.168. The molecule has 9 heteroatoms. The van der Waals surface area contributed by atoms with Gasteiger partial charge in [0.15, 0.2) is 0 Å². The maximum Gasteiger partial charge on any atom is 0.416 e. The van der Waals surface area contributed by atoms with Gasteiger partial charge in [-0.15, -0.1) is 0 Å². The van der Waals surface area contributed by atoms with Gasteiger partial charge in [-0.3, -0.25) is 4.79 Å². The van der Waals surface area contributed by atoms with Gasteiger partial charge in [-0.1, -0.05) is 12.1 Å². The Labute approximate surface area is 170 Å². The van der Waals surface area contributed by atoms with E-state index in [1.807, 2.05) is 10.6 Å². The lowest BCUT2D eigenvalue weighted by Gasteiger charge is -2.07. The summed E-state index contributed by atoms with van der Waals surface area (Å²) < 4.78 is 46.0. The van der Waals surface area contributed by atoms with E-state index >= 15 is 0 Å². The van der Waals surface area contributed by atoms with Crippen LogP contribution in [0.5, 0.6) is 0 Å². The number of carbonyl (C=O) groups is 1. The van der Waals surface area contributed by atoms with Crippen molar-refractivity contribution in [1.29, 1.82) is 5.26 Å². The smallest absolute Gasteiger partial charge is 0.416 e. The van der Waals surface area contributed by atoms with Gasteiger partial charge in [0.1, 0.15) is 23.2 Å². The lowest BCUT2D eigenvalue weighted by molar-refractivity contribution is -0.137. The first kappa shape index (κ1) is 20.9. The van der Waals surface area contributed by atoms with Crippen LogP contribution in [0.2, 0.25) is 0 Å². The van der Waals surface area contributed by atoms with Crippen LogP contribution in [0.1, 0.15) is 17.7 Å². The molecule has 2 heterocycles. The van der Waals surface area contributed by atoms with Crippen LogP contribution in [0.3, 0.4) is 0 Å². The zero-order valence-corrected chi connectivity index (χ0v) is 15.7. The third-order valence-electron chi connectivity index (χ3n) is 4.19. The summed E-state index contributed by atoms with van der Waals surface area (Å²) in [4.78, 5) is 16.1. The van der Waals surface area contributed by atoms with E-state index in [0.717, 1.165) is 12.1 Å². The molecule has 3 aromatic rings. The molecule has 154 valence electrons. The Morgan fingerprint density at radius 2 is 2.13 bits per heavy atom. The Morgan fingerprint density at radius 1 is 1.30 bits per heavy atom. The molecular weight excluding hydrogens is 397 g/mol. The number of nitriles is 1. The number of furan rings is 1. The molecule has 0 aliphatic heterocycles. The molecule has 30 heavy (non-hydrogen) atoms. The summed E-state index contributed by atoms with van der Waals surface area (Å²) in [6, 6.07) is 9.50. The molecule has 0 unspecified atom stereocenters. The first-order valence-corrected chi connectivity index (χ1v) is 9.00. The fraction of sp³-hybridized carbons (Fsp3) is 0.190. The molecule has 1 amide bonds. The van der Waals surface area contributed by atoms with Crippen molar-refractivity contribution in [2.24, 2.45) is 0 Å².